The van der Waals surface area contributed by atoms with Gasteiger partial charge in [0, 0.05) is 32.6 Å². The number of likely N-dealkylation sites (tertiary alicyclic amines) is 1. The van der Waals surface area contributed by atoms with E-state index in [2.05, 4.69) is 20.3 Å². The molecule has 3 heterocycles. The summed E-state index contributed by atoms with van der Waals surface area (Å²) >= 11 is 11.5. The Hall–Kier alpha value is -1.97. The number of thiocarbonyl (C=S) groups is 1. The molecule has 1 amide bonds. The average molecular weight is 397 g/mol. The molecular weight excluding hydrogens is 376 g/mol. The van der Waals surface area contributed by atoms with Crippen LogP contribution < -0.4 is 5.32 Å². The van der Waals surface area contributed by atoms with E-state index in [1.807, 2.05) is 18.0 Å². The predicted molar refractivity (Wildman–Crippen MR) is 101 cm³/mol. The number of aryl methyl sites for hydroxylation is 1. The number of imidazole rings is 2. The predicted octanol–water partition coefficient (Wildman–Crippen LogP) is 1.47. The number of hydrogen-bond donors (Lipinski definition) is 2. The van der Waals surface area contributed by atoms with Gasteiger partial charge in [-0.25, -0.2) is 9.97 Å². The van der Waals surface area contributed by atoms with Gasteiger partial charge in [0.15, 0.2) is 16.1 Å². The first kappa shape index (κ1) is 18.8. The third kappa shape index (κ3) is 3.89. The number of H-pyrrole nitrogens is 1. The quantitative estimate of drug-likeness (QED) is 0.761. The Morgan fingerprint density at radius 3 is 3.00 bits per heavy atom. The van der Waals surface area contributed by atoms with Crippen molar-refractivity contribution in [3.63, 3.8) is 0 Å². The van der Waals surface area contributed by atoms with Crippen molar-refractivity contribution in [2.24, 2.45) is 0 Å². The molecule has 26 heavy (non-hydrogen) atoms. The van der Waals surface area contributed by atoms with Crippen molar-refractivity contribution in [3.05, 3.63) is 35.4 Å². The van der Waals surface area contributed by atoms with Crippen LogP contribution in [-0.4, -0.2) is 67.8 Å². The summed E-state index contributed by atoms with van der Waals surface area (Å²) < 4.78 is 7.38. The van der Waals surface area contributed by atoms with Gasteiger partial charge in [0.1, 0.15) is 6.33 Å². The second-order valence-electron chi connectivity index (χ2n) is 6.05. The fraction of sp³-hybridized carbons (Fsp3) is 0.500. The van der Waals surface area contributed by atoms with Crippen molar-refractivity contribution in [3.8, 4) is 0 Å². The Labute approximate surface area is 161 Å². The van der Waals surface area contributed by atoms with Gasteiger partial charge in [-0.05, 0) is 25.1 Å². The maximum atomic E-state index is 12.5. The minimum atomic E-state index is -0.288. The van der Waals surface area contributed by atoms with Crippen molar-refractivity contribution >= 4 is 34.8 Å². The van der Waals surface area contributed by atoms with E-state index in [9.17, 15) is 4.79 Å². The molecule has 140 valence electrons. The average Bonchev–Trinajstić information content (AvgIpc) is 3.31. The summed E-state index contributed by atoms with van der Waals surface area (Å²) in [7, 11) is 1.63. The zero-order valence-corrected chi connectivity index (χ0v) is 16.2. The molecule has 3 rings (SSSR count). The maximum Gasteiger partial charge on any atom is 0.287 e. The van der Waals surface area contributed by atoms with Crippen LogP contribution in [0, 0.1) is 0 Å². The van der Waals surface area contributed by atoms with E-state index < -0.39 is 0 Å². The van der Waals surface area contributed by atoms with E-state index in [4.69, 9.17) is 28.6 Å². The molecule has 1 fully saturated rings. The monoisotopic (exact) mass is 396 g/mol. The number of nitrogens with one attached hydrogen (secondary N) is 2. The topological polar surface area (TPSA) is 88.1 Å². The molecule has 0 aliphatic carbocycles. The number of aromatic nitrogens is 4. The Morgan fingerprint density at radius 2 is 2.38 bits per heavy atom. The van der Waals surface area contributed by atoms with Crippen LogP contribution in [0.3, 0.4) is 0 Å². The van der Waals surface area contributed by atoms with E-state index in [1.165, 1.54) is 0 Å². The van der Waals surface area contributed by atoms with Gasteiger partial charge in [-0.1, -0.05) is 18.5 Å². The van der Waals surface area contributed by atoms with Crippen molar-refractivity contribution in [2.75, 3.05) is 20.2 Å². The summed E-state index contributed by atoms with van der Waals surface area (Å²) in [5.74, 6) is -0.0673. The fourth-order valence-electron chi connectivity index (χ4n) is 3.00. The number of rotatable bonds is 4. The molecule has 1 saturated heterocycles. The fourth-order valence-corrected chi connectivity index (χ4v) is 3.54. The van der Waals surface area contributed by atoms with Crippen LogP contribution in [0.5, 0.6) is 0 Å². The molecule has 0 bridgehead atoms. The third-order valence-electron chi connectivity index (χ3n) is 4.47. The van der Waals surface area contributed by atoms with Crippen molar-refractivity contribution in [1.29, 1.82) is 0 Å². The number of methoxy groups -OCH3 is 1. The van der Waals surface area contributed by atoms with Crippen LogP contribution >= 0.6 is 23.8 Å². The zero-order chi connectivity index (χ0) is 18.7. The molecule has 0 spiro atoms. The summed E-state index contributed by atoms with van der Waals surface area (Å²) in [6.07, 6.45) is 6.36. The Morgan fingerprint density at radius 1 is 1.58 bits per heavy atom. The van der Waals surface area contributed by atoms with Gasteiger partial charge in [-0.15, -0.1) is 0 Å². The summed E-state index contributed by atoms with van der Waals surface area (Å²) in [5, 5.41) is 3.99. The molecular formula is C16H21ClN6O2S. The van der Waals surface area contributed by atoms with Gasteiger partial charge in [-0.3, -0.25) is 9.36 Å². The lowest BCUT2D eigenvalue weighted by molar-refractivity contribution is 0.0248. The number of carbonyl (C=O) groups is 1. The minimum absolute atomic E-state index is 0.136. The van der Waals surface area contributed by atoms with Crippen molar-refractivity contribution in [2.45, 2.75) is 31.9 Å². The highest BCUT2D eigenvalue weighted by molar-refractivity contribution is 7.80. The lowest BCUT2D eigenvalue weighted by atomic mass is 10.0. The van der Waals surface area contributed by atoms with E-state index in [0.717, 1.165) is 5.69 Å². The maximum absolute atomic E-state index is 12.5. The van der Waals surface area contributed by atoms with Crippen LogP contribution in [0.15, 0.2) is 18.7 Å². The number of aromatic amines is 1. The van der Waals surface area contributed by atoms with E-state index in [-0.39, 0.29) is 23.9 Å². The number of piperidine rings is 1. The SMILES string of the molecule is CCc1[nH]c(C(=O)NC2CCN(C(=S)n3ccnc3)CC2OC)nc1Cl. The molecule has 1 aliphatic heterocycles. The molecule has 2 aromatic heterocycles. The van der Waals surface area contributed by atoms with E-state index >= 15 is 0 Å². The number of halogens is 1. The number of ether oxygens (including phenoxy) is 1. The molecule has 2 unspecified atom stereocenters. The third-order valence-corrected chi connectivity index (χ3v) is 5.25. The molecule has 0 aromatic carbocycles. The van der Waals surface area contributed by atoms with Crippen LogP contribution in [0.4, 0.5) is 0 Å². The normalized spacial score (nSPS) is 20.2. The highest BCUT2D eigenvalue weighted by Gasteiger charge is 2.32. The van der Waals surface area contributed by atoms with Crippen molar-refractivity contribution < 1.29 is 9.53 Å². The van der Waals surface area contributed by atoms with Crippen LogP contribution in [0.1, 0.15) is 29.7 Å². The molecule has 2 aromatic rings. The Kier molecular flexibility index (Phi) is 5.90. The van der Waals surface area contributed by atoms with Crippen molar-refractivity contribution in [1.82, 2.24) is 29.7 Å². The molecule has 8 nitrogen and oxygen atoms in total. The zero-order valence-electron chi connectivity index (χ0n) is 14.6. The summed E-state index contributed by atoms with van der Waals surface area (Å²) in [6.45, 7) is 3.24. The van der Waals surface area contributed by atoms with Crippen LogP contribution in [0.2, 0.25) is 5.15 Å². The molecule has 0 saturated carbocycles. The molecule has 10 heteroatoms. The summed E-state index contributed by atoms with van der Waals surface area (Å²) in [5.41, 5.74) is 0.751. The second kappa shape index (κ2) is 8.15. The molecule has 2 N–H and O–H groups in total. The standard InChI is InChI=1S/C16H21ClN6O2S/c1-3-10-13(17)21-14(19-10)15(24)20-11-4-6-22(8-12(11)25-2)16(26)23-7-5-18-9-23/h5,7,9,11-12H,3-4,6,8H2,1-2H3,(H,19,21)(H,20,24). The Balaban J connectivity index is 1.64. The van der Waals surface area contributed by atoms with Gasteiger partial charge in [-0.2, -0.15) is 0 Å². The van der Waals surface area contributed by atoms with Crippen LogP contribution in [-0.2, 0) is 11.2 Å². The number of amides is 1. The van der Waals surface area contributed by atoms with Gasteiger partial charge < -0.3 is 19.9 Å². The number of carbonyl (C=O) groups excluding carboxylic acids is 1. The molecule has 0 radical (unpaired) electrons. The number of nitrogens with zero attached hydrogens (tertiary/aromatic N) is 4. The second-order valence-corrected chi connectivity index (χ2v) is 6.77. The largest absolute Gasteiger partial charge is 0.377 e. The van der Waals surface area contributed by atoms with Crippen LogP contribution in [0.25, 0.3) is 0 Å². The summed E-state index contributed by atoms with van der Waals surface area (Å²) in [4.78, 5) is 25.6. The number of hydrogen-bond acceptors (Lipinski definition) is 5. The smallest absolute Gasteiger partial charge is 0.287 e. The van der Waals surface area contributed by atoms with Gasteiger partial charge in [0.25, 0.3) is 5.91 Å². The van der Waals surface area contributed by atoms with E-state index in [0.29, 0.717) is 36.2 Å². The van der Waals surface area contributed by atoms with Gasteiger partial charge in [0.05, 0.1) is 17.8 Å². The lowest BCUT2D eigenvalue weighted by Crippen LogP contribution is -2.56. The molecule has 2 atom stereocenters. The first-order valence-corrected chi connectivity index (χ1v) is 9.17. The highest BCUT2D eigenvalue weighted by Crippen LogP contribution is 2.17. The lowest BCUT2D eigenvalue weighted by Gasteiger charge is -2.39. The highest BCUT2D eigenvalue weighted by atomic mass is 35.5. The Bertz CT molecular complexity index is 778. The first-order valence-electron chi connectivity index (χ1n) is 8.38. The minimum Gasteiger partial charge on any atom is -0.377 e. The van der Waals surface area contributed by atoms with Gasteiger partial charge >= 0.3 is 0 Å². The first-order chi connectivity index (χ1) is 12.5. The van der Waals surface area contributed by atoms with Gasteiger partial charge in [0.2, 0.25) is 0 Å². The molecule has 1 aliphatic rings. The summed E-state index contributed by atoms with van der Waals surface area (Å²) in [6, 6.07) is -0.136. The van der Waals surface area contributed by atoms with E-state index in [1.54, 1.807) is 24.2 Å².